The lowest BCUT2D eigenvalue weighted by atomic mass is 9.98. The van der Waals surface area contributed by atoms with Gasteiger partial charge in [-0.25, -0.2) is 14.4 Å². The Morgan fingerprint density at radius 1 is 1.24 bits per heavy atom. The predicted octanol–water partition coefficient (Wildman–Crippen LogP) is 2.95. The minimum absolute atomic E-state index is 0.0611. The second-order valence-electron chi connectivity index (χ2n) is 7.15. The van der Waals surface area contributed by atoms with Crippen LogP contribution in [0.1, 0.15) is 23.3 Å². The molecule has 1 aliphatic rings. The highest BCUT2D eigenvalue weighted by Crippen LogP contribution is 2.23. The molecular formula is C21H22FN5O2. The number of carbonyl (C=O) groups is 1. The number of benzene rings is 1. The van der Waals surface area contributed by atoms with Crippen LogP contribution in [-0.4, -0.2) is 50.3 Å². The molecule has 29 heavy (non-hydrogen) atoms. The van der Waals surface area contributed by atoms with E-state index in [1.807, 2.05) is 4.90 Å². The lowest BCUT2D eigenvalue weighted by molar-refractivity contribution is 0.0618. The average Bonchev–Trinajstić information content (AvgIpc) is 3.15. The van der Waals surface area contributed by atoms with Crippen molar-refractivity contribution < 1.29 is 13.9 Å². The van der Waals surface area contributed by atoms with Gasteiger partial charge in [0.2, 0.25) is 0 Å². The van der Waals surface area contributed by atoms with Crippen molar-refractivity contribution in [3.8, 4) is 17.3 Å². The Kier molecular flexibility index (Phi) is 5.50. The van der Waals surface area contributed by atoms with Gasteiger partial charge in [-0.2, -0.15) is 5.10 Å². The van der Waals surface area contributed by atoms with E-state index in [4.69, 9.17) is 4.74 Å². The van der Waals surface area contributed by atoms with Crippen LogP contribution in [0.15, 0.2) is 48.8 Å². The van der Waals surface area contributed by atoms with Gasteiger partial charge in [0, 0.05) is 44.0 Å². The molecule has 2 aromatic heterocycles. The highest BCUT2D eigenvalue weighted by molar-refractivity contribution is 5.93. The minimum Gasteiger partial charge on any atom is -0.463 e. The van der Waals surface area contributed by atoms with Crippen molar-refractivity contribution in [3.63, 3.8) is 0 Å². The molecular weight excluding hydrogens is 373 g/mol. The fraction of sp³-hybridized carbons (Fsp3) is 0.333. The number of halogens is 1. The summed E-state index contributed by atoms with van der Waals surface area (Å²) in [5.74, 6) is -0.140. The summed E-state index contributed by atoms with van der Waals surface area (Å²) in [6.07, 6.45) is 5.18. The number of aryl methyl sites for hydroxylation is 1. The molecule has 1 amide bonds. The molecule has 3 aromatic rings. The van der Waals surface area contributed by atoms with Gasteiger partial charge in [0.1, 0.15) is 11.5 Å². The van der Waals surface area contributed by atoms with Gasteiger partial charge in [0.05, 0.1) is 12.3 Å². The summed E-state index contributed by atoms with van der Waals surface area (Å²) in [5, 5.41) is 4.43. The van der Waals surface area contributed by atoms with E-state index in [1.54, 1.807) is 48.4 Å². The van der Waals surface area contributed by atoms with Gasteiger partial charge in [-0.05, 0) is 49.2 Å². The molecule has 0 radical (unpaired) electrons. The average molecular weight is 395 g/mol. The number of aromatic nitrogens is 4. The van der Waals surface area contributed by atoms with Crippen LogP contribution in [0.25, 0.3) is 11.3 Å². The number of rotatable bonds is 5. The first-order valence-corrected chi connectivity index (χ1v) is 9.59. The number of ether oxygens (including phenoxy) is 1. The summed E-state index contributed by atoms with van der Waals surface area (Å²) in [4.78, 5) is 23.0. The molecule has 4 rings (SSSR count). The lowest BCUT2D eigenvalue weighted by Crippen LogP contribution is -2.42. The second-order valence-corrected chi connectivity index (χ2v) is 7.15. The third-order valence-electron chi connectivity index (χ3n) is 5.04. The molecule has 1 aliphatic heterocycles. The van der Waals surface area contributed by atoms with Gasteiger partial charge in [0.15, 0.2) is 0 Å². The zero-order valence-electron chi connectivity index (χ0n) is 16.2. The summed E-state index contributed by atoms with van der Waals surface area (Å²) in [5.41, 5.74) is 1.93. The Hall–Kier alpha value is -3.29. The maximum absolute atomic E-state index is 13.2. The number of carbonyl (C=O) groups excluding carboxylic acids is 1. The van der Waals surface area contributed by atoms with Crippen molar-refractivity contribution in [2.24, 2.45) is 13.0 Å². The Labute approximate surface area is 168 Å². The van der Waals surface area contributed by atoms with Crippen LogP contribution in [0.5, 0.6) is 6.01 Å². The van der Waals surface area contributed by atoms with Gasteiger partial charge >= 0.3 is 6.01 Å². The molecule has 1 atom stereocenters. The van der Waals surface area contributed by atoms with Crippen LogP contribution >= 0.6 is 0 Å². The van der Waals surface area contributed by atoms with Crippen LogP contribution in [0, 0.1) is 11.7 Å². The standard InChI is InChI=1S/C21H22FN5O2/c1-26-19(12-18(25-26)16-5-7-17(22)8-6-16)20(28)27-11-2-4-15(13-27)14-29-21-23-9-3-10-24-21/h3,5-10,12,15H,2,4,11,13-14H2,1H3. The molecule has 0 saturated carbocycles. The third kappa shape index (κ3) is 4.42. The molecule has 1 aromatic carbocycles. The molecule has 7 nitrogen and oxygen atoms in total. The van der Waals surface area contributed by atoms with Crippen LogP contribution < -0.4 is 4.74 Å². The molecule has 1 saturated heterocycles. The van der Waals surface area contributed by atoms with E-state index < -0.39 is 0 Å². The van der Waals surface area contributed by atoms with Crippen molar-refractivity contribution in [1.82, 2.24) is 24.6 Å². The van der Waals surface area contributed by atoms with Gasteiger partial charge < -0.3 is 9.64 Å². The normalized spacial score (nSPS) is 16.6. The molecule has 0 N–H and O–H groups in total. The number of likely N-dealkylation sites (tertiary alicyclic amines) is 1. The number of nitrogens with zero attached hydrogens (tertiary/aromatic N) is 5. The summed E-state index contributed by atoms with van der Waals surface area (Å²) in [6, 6.07) is 9.94. The van der Waals surface area contributed by atoms with Crippen molar-refractivity contribution in [1.29, 1.82) is 0 Å². The molecule has 1 fully saturated rings. The predicted molar refractivity (Wildman–Crippen MR) is 105 cm³/mol. The van der Waals surface area contributed by atoms with Crippen LogP contribution in [0.4, 0.5) is 4.39 Å². The Morgan fingerprint density at radius 2 is 2.00 bits per heavy atom. The maximum atomic E-state index is 13.2. The van der Waals surface area contributed by atoms with Crippen molar-refractivity contribution >= 4 is 5.91 Å². The van der Waals surface area contributed by atoms with E-state index >= 15 is 0 Å². The number of amides is 1. The number of hydrogen-bond donors (Lipinski definition) is 0. The summed E-state index contributed by atoms with van der Waals surface area (Å²) >= 11 is 0. The zero-order valence-corrected chi connectivity index (χ0v) is 16.2. The fourth-order valence-electron chi connectivity index (χ4n) is 3.53. The molecule has 0 spiro atoms. The zero-order chi connectivity index (χ0) is 20.2. The van der Waals surface area contributed by atoms with Gasteiger partial charge in [-0.1, -0.05) is 0 Å². The van der Waals surface area contributed by atoms with E-state index in [-0.39, 0.29) is 17.6 Å². The van der Waals surface area contributed by atoms with Crippen molar-refractivity contribution in [2.45, 2.75) is 12.8 Å². The monoisotopic (exact) mass is 395 g/mol. The SMILES string of the molecule is Cn1nc(-c2ccc(F)cc2)cc1C(=O)N1CCCC(COc2ncccn2)C1. The van der Waals surface area contributed by atoms with Gasteiger partial charge in [0.25, 0.3) is 5.91 Å². The van der Waals surface area contributed by atoms with Gasteiger partial charge in [-0.15, -0.1) is 0 Å². The molecule has 1 unspecified atom stereocenters. The highest BCUT2D eigenvalue weighted by Gasteiger charge is 2.27. The summed E-state index contributed by atoms with van der Waals surface area (Å²) < 4.78 is 20.4. The quantitative estimate of drug-likeness (QED) is 0.664. The Morgan fingerprint density at radius 3 is 2.76 bits per heavy atom. The van der Waals surface area contributed by atoms with E-state index in [9.17, 15) is 9.18 Å². The molecule has 0 aliphatic carbocycles. The first-order valence-electron chi connectivity index (χ1n) is 9.59. The van der Waals surface area contributed by atoms with Crippen molar-refractivity contribution in [2.75, 3.05) is 19.7 Å². The molecule has 3 heterocycles. The summed E-state index contributed by atoms with van der Waals surface area (Å²) in [7, 11) is 1.75. The van der Waals surface area contributed by atoms with Gasteiger partial charge in [-0.3, -0.25) is 9.48 Å². The van der Waals surface area contributed by atoms with E-state index in [1.165, 1.54) is 12.1 Å². The first kappa shape index (κ1) is 19.0. The Balaban J connectivity index is 1.43. The smallest absolute Gasteiger partial charge is 0.316 e. The van der Waals surface area contributed by atoms with E-state index in [0.717, 1.165) is 18.4 Å². The van der Waals surface area contributed by atoms with Crippen molar-refractivity contribution in [3.05, 3.63) is 60.3 Å². The first-order chi connectivity index (χ1) is 14.1. The summed E-state index contributed by atoms with van der Waals surface area (Å²) in [6.45, 7) is 1.79. The number of piperidine rings is 1. The lowest BCUT2D eigenvalue weighted by Gasteiger charge is -2.32. The molecule has 150 valence electrons. The van der Waals surface area contributed by atoms with E-state index in [2.05, 4.69) is 15.1 Å². The minimum atomic E-state index is -0.302. The third-order valence-corrected chi connectivity index (χ3v) is 5.04. The number of hydrogen-bond acceptors (Lipinski definition) is 5. The highest BCUT2D eigenvalue weighted by atomic mass is 19.1. The van der Waals surface area contributed by atoms with Crippen LogP contribution in [0.3, 0.4) is 0 Å². The second kappa shape index (κ2) is 8.38. The Bertz CT molecular complexity index is 974. The fourth-order valence-corrected chi connectivity index (χ4v) is 3.53. The van der Waals surface area contributed by atoms with E-state index in [0.29, 0.717) is 37.1 Å². The largest absolute Gasteiger partial charge is 0.463 e. The topological polar surface area (TPSA) is 73.1 Å². The molecule has 8 heteroatoms. The van der Waals surface area contributed by atoms with Crippen LogP contribution in [0.2, 0.25) is 0 Å². The maximum Gasteiger partial charge on any atom is 0.316 e. The molecule has 0 bridgehead atoms. The van der Waals surface area contributed by atoms with Crippen LogP contribution in [-0.2, 0) is 7.05 Å².